The molecule has 0 fully saturated rings. The van der Waals surface area contributed by atoms with Gasteiger partial charge in [0.25, 0.3) is 5.91 Å². The van der Waals surface area contributed by atoms with Crippen molar-refractivity contribution in [2.24, 2.45) is 0 Å². The van der Waals surface area contributed by atoms with Crippen molar-refractivity contribution < 1.29 is 4.79 Å². The number of imidazole rings is 1. The number of carbonyl (C=O) groups is 1. The number of nitrogens with zero attached hydrogens (tertiary/aromatic N) is 3. The van der Waals surface area contributed by atoms with Gasteiger partial charge in [-0.15, -0.1) is 0 Å². The predicted molar refractivity (Wildman–Crippen MR) is 94.1 cm³/mol. The van der Waals surface area contributed by atoms with Crippen LogP contribution in [-0.4, -0.2) is 26.2 Å². The van der Waals surface area contributed by atoms with E-state index in [4.69, 9.17) is 0 Å². The fourth-order valence-electron chi connectivity index (χ4n) is 2.33. The van der Waals surface area contributed by atoms with Gasteiger partial charge in [-0.05, 0) is 37.6 Å². The number of hydrogen-bond donors (Lipinski definition) is 0. The Morgan fingerprint density at radius 2 is 1.91 bits per heavy atom. The monoisotopic (exact) mass is 325 g/mol. The van der Waals surface area contributed by atoms with E-state index in [2.05, 4.69) is 16.9 Å². The van der Waals surface area contributed by atoms with Crippen LogP contribution >= 0.6 is 11.8 Å². The topological polar surface area (TPSA) is 47.8 Å². The van der Waals surface area contributed by atoms with Gasteiger partial charge in [0.15, 0.2) is 10.8 Å². The molecule has 2 heterocycles. The summed E-state index contributed by atoms with van der Waals surface area (Å²) in [7, 11) is 0. The molecule has 0 saturated heterocycles. The zero-order valence-corrected chi connectivity index (χ0v) is 14.1. The Balaban J connectivity index is 2.09. The first kappa shape index (κ1) is 15.7. The van der Waals surface area contributed by atoms with Gasteiger partial charge in [0.2, 0.25) is 0 Å². The van der Waals surface area contributed by atoms with Crippen LogP contribution in [-0.2, 0) is 0 Å². The molecule has 3 aromatic rings. The van der Waals surface area contributed by atoms with Crippen LogP contribution in [0.5, 0.6) is 0 Å². The highest BCUT2D eigenvalue weighted by atomic mass is 32.2. The second-order valence-electron chi connectivity index (χ2n) is 5.40. The molecule has 0 spiro atoms. The van der Waals surface area contributed by atoms with Crippen LogP contribution in [0.15, 0.2) is 47.6 Å². The SMILES string of the molecule is CCCCSc1nc2ccc(C)nc2n1C(=O)c1ccccc1. The van der Waals surface area contributed by atoms with Gasteiger partial charge in [0.05, 0.1) is 0 Å². The fourth-order valence-corrected chi connectivity index (χ4v) is 3.41. The number of aryl methyl sites for hydroxylation is 1. The van der Waals surface area contributed by atoms with Crippen LogP contribution in [0.2, 0.25) is 0 Å². The number of carbonyl (C=O) groups excluding carboxylic acids is 1. The third-order valence-electron chi connectivity index (χ3n) is 3.57. The fraction of sp³-hybridized carbons (Fsp3) is 0.278. The summed E-state index contributed by atoms with van der Waals surface area (Å²) in [5, 5.41) is 0.723. The van der Waals surface area contributed by atoms with Gasteiger partial charge < -0.3 is 0 Å². The molecular formula is C18H19N3OS. The lowest BCUT2D eigenvalue weighted by atomic mass is 10.2. The number of pyridine rings is 1. The minimum atomic E-state index is -0.0785. The van der Waals surface area contributed by atoms with Crippen molar-refractivity contribution in [2.45, 2.75) is 31.8 Å². The molecule has 0 atom stereocenters. The highest BCUT2D eigenvalue weighted by Crippen LogP contribution is 2.25. The van der Waals surface area contributed by atoms with Crippen molar-refractivity contribution in [3.63, 3.8) is 0 Å². The summed E-state index contributed by atoms with van der Waals surface area (Å²) < 4.78 is 1.65. The van der Waals surface area contributed by atoms with Gasteiger partial charge in [0.1, 0.15) is 5.52 Å². The van der Waals surface area contributed by atoms with Gasteiger partial charge in [-0.25, -0.2) is 14.5 Å². The standard InChI is InChI=1S/C18H19N3OS/c1-3-4-12-23-18-20-15-11-10-13(2)19-16(15)21(18)17(22)14-8-6-5-7-9-14/h5-11H,3-4,12H2,1-2H3. The molecule has 0 radical (unpaired) electrons. The van der Waals surface area contributed by atoms with E-state index < -0.39 is 0 Å². The summed E-state index contributed by atoms with van der Waals surface area (Å²) in [5.74, 6) is 0.867. The number of unbranched alkanes of at least 4 members (excludes halogenated alkanes) is 1. The molecule has 23 heavy (non-hydrogen) atoms. The first-order valence-corrected chi connectivity index (χ1v) is 8.78. The van der Waals surface area contributed by atoms with Gasteiger partial charge >= 0.3 is 0 Å². The van der Waals surface area contributed by atoms with Gasteiger partial charge in [-0.2, -0.15) is 0 Å². The summed E-state index contributed by atoms with van der Waals surface area (Å²) in [4.78, 5) is 22.1. The van der Waals surface area contributed by atoms with Crippen molar-refractivity contribution in [3.8, 4) is 0 Å². The largest absolute Gasteiger partial charge is 0.268 e. The summed E-state index contributed by atoms with van der Waals surface area (Å²) in [5.41, 5.74) is 2.92. The van der Waals surface area contributed by atoms with E-state index in [0.29, 0.717) is 11.2 Å². The van der Waals surface area contributed by atoms with Gasteiger partial charge in [-0.1, -0.05) is 43.3 Å². The van der Waals surface area contributed by atoms with Crippen LogP contribution in [0.25, 0.3) is 11.2 Å². The van der Waals surface area contributed by atoms with Gasteiger partial charge in [0, 0.05) is 17.0 Å². The van der Waals surface area contributed by atoms with E-state index >= 15 is 0 Å². The normalized spacial score (nSPS) is 11.0. The molecule has 0 amide bonds. The van der Waals surface area contributed by atoms with Crippen LogP contribution in [0.4, 0.5) is 0 Å². The lowest BCUT2D eigenvalue weighted by Crippen LogP contribution is -2.14. The minimum Gasteiger partial charge on any atom is -0.268 e. The maximum Gasteiger partial charge on any atom is 0.265 e. The number of fused-ring (bicyclic) bond motifs is 1. The Labute approximate surface area is 140 Å². The molecule has 0 unspecified atom stereocenters. The molecule has 1 aromatic carbocycles. The molecule has 2 aromatic heterocycles. The molecule has 5 heteroatoms. The predicted octanol–water partition coefficient (Wildman–Crippen LogP) is 4.32. The molecule has 0 N–H and O–H groups in total. The molecule has 0 aliphatic rings. The summed E-state index contributed by atoms with van der Waals surface area (Å²) in [6.45, 7) is 4.08. The van der Waals surface area contributed by atoms with E-state index in [-0.39, 0.29) is 5.91 Å². The number of aromatic nitrogens is 3. The lowest BCUT2D eigenvalue weighted by molar-refractivity contribution is 0.0954. The van der Waals surface area contributed by atoms with Crippen molar-refractivity contribution in [2.75, 3.05) is 5.75 Å². The number of benzene rings is 1. The minimum absolute atomic E-state index is 0.0785. The summed E-state index contributed by atoms with van der Waals surface area (Å²) in [6.07, 6.45) is 2.22. The molecule has 0 saturated carbocycles. The van der Waals surface area contributed by atoms with Crippen molar-refractivity contribution in [3.05, 3.63) is 53.7 Å². The number of thioether (sulfide) groups is 1. The maximum atomic E-state index is 13.0. The zero-order valence-electron chi connectivity index (χ0n) is 13.3. The van der Waals surface area contributed by atoms with E-state index in [1.54, 1.807) is 16.3 Å². The van der Waals surface area contributed by atoms with E-state index in [9.17, 15) is 4.79 Å². The molecule has 3 rings (SSSR count). The molecule has 118 valence electrons. The van der Waals surface area contributed by atoms with Crippen molar-refractivity contribution in [1.82, 2.24) is 14.5 Å². The van der Waals surface area contributed by atoms with Crippen LogP contribution in [0, 0.1) is 6.92 Å². The molecule has 0 bridgehead atoms. The quantitative estimate of drug-likeness (QED) is 0.518. The van der Waals surface area contributed by atoms with Crippen molar-refractivity contribution >= 4 is 28.8 Å². The van der Waals surface area contributed by atoms with Crippen molar-refractivity contribution in [1.29, 1.82) is 0 Å². The Hall–Kier alpha value is -2.14. The van der Waals surface area contributed by atoms with E-state index in [1.807, 2.05) is 49.4 Å². The Morgan fingerprint density at radius 3 is 2.65 bits per heavy atom. The van der Waals surface area contributed by atoms with E-state index in [0.717, 1.165) is 35.0 Å². The first-order valence-electron chi connectivity index (χ1n) is 7.79. The van der Waals surface area contributed by atoms with E-state index in [1.165, 1.54) is 0 Å². The molecular weight excluding hydrogens is 306 g/mol. The van der Waals surface area contributed by atoms with Crippen LogP contribution < -0.4 is 0 Å². The van der Waals surface area contributed by atoms with Crippen LogP contribution in [0.1, 0.15) is 35.8 Å². The Morgan fingerprint density at radius 1 is 1.13 bits per heavy atom. The number of rotatable bonds is 5. The second-order valence-corrected chi connectivity index (χ2v) is 6.46. The third kappa shape index (κ3) is 3.29. The maximum absolute atomic E-state index is 13.0. The summed E-state index contributed by atoms with van der Waals surface area (Å²) >= 11 is 1.62. The first-order chi connectivity index (χ1) is 11.2. The average Bonchev–Trinajstić information content (AvgIpc) is 2.92. The highest BCUT2D eigenvalue weighted by Gasteiger charge is 2.19. The molecule has 0 aliphatic carbocycles. The smallest absolute Gasteiger partial charge is 0.265 e. The second kappa shape index (κ2) is 6.96. The van der Waals surface area contributed by atoms with Crippen LogP contribution in [0.3, 0.4) is 0 Å². The number of hydrogen-bond acceptors (Lipinski definition) is 4. The summed E-state index contributed by atoms with van der Waals surface area (Å²) in [6, 6.07) is 13.1. The Bertz CT molecular complexity index is 827. The lowest BCUT2D eigenvalue weighted by Gasteiger charge is -2.07. The van der Waals surface area contributed by atoms with Gasteiger partial charge in [-0.3, -0.25) is 4.79 Å². The average molecular weight is 325 g/mol. The molecule has 4 nitrogen and oxygen atoms in total. The zero-order chi connectivity index (χ0) is 16.2. The molecule has 0 aliphatic heterocycles. The Kier molecular flexibility index (Phi) is 4.76. The highest BCUT2D eigenvalue weighted by molar-refractivity contribution is 7.99. The third-order valence-corrected chi connectivity index (χ3v) is 4.59.